The fourth-order valence-electron chi connectivity index (χ4n) is 1.66. The van der Waals surface area contributed by atoms with Crippen LogP contribution in [0.3, 0.4) is 0 Å². The van der Waals surface area contributed by atoms with Crippen molar-refractivity contribution < 1.29 is 5.11 Å². The highest BCUT2D eigenvalue weighted by Gasteiger charge is 2.09. The first-order chi connectivity index (χ1) is 8.60. The van der Waals surface area contributed by atoms with Crippen molar-refractivity contribution in [2.75, 3.05) is 12.4 Å². The summed E-state index contributed by atoms with van der Waals surface area (Å²) in [4.78, 5) is 8.94. The van der Waals surface area contributed by atoms with E-state index >= 15 is 0 Å². The Hall–Kier alpha value is -2.10. The summed E-state index contributed by atoms with van der Waals surface area (Å²) in [6, 6.07) is 8.92. The molecule has 1 heterocycles. The number of nitrogens with zero attached hydrogens (tertiary/aromatic N) is 2. The lowest BCUT2D eigenvalue weighted by atomic mass is 10.1. The number of hydrogen-bond donors (Lipinski definition) is 2. The summed E-state index contributed by atoms with van der Waals surface area (Å²) in [5.74, 6) is 1.96. The fraction of sp³-hybridized carbons (Fsp3) is 0.286. The van der Waals surface area contributed by atoms with Crippen LogP contribution in [-0.2, 0) is 0 Å². The molecule has 0 atom stereocenters. The van der Waals surface area contributed by atoms with Crippen molar-refractivity contribution in [2.45, 2.75) is 19.8 Å². The van der Waals surface area contributed by atoms with Crippen molar-refractivity contribution in [1.29, 1.82) is 0 Å². The van der Waals surface area contributed by atoms with Crippen LogP contribution in [0.15, 0.2) is 30.3 Å². The molecule has 0 radical (unpaired) electrons. The normalized spacial score (nSPS) is 10.7. The molecule has 0 bridgehead atoms. The first kappa shape index (κ1) is 12.4. The molecule has 0 aliphatic carbocycles. The molecule has 2 rings (SSSR count). The maximum absolute atomic E-state index is 9.51. The predicted molar refractivity (Wildman–Crippen MR) is 72.8 cm³/mol. The SMILES string of the molecule is CNc1cc(C(C)C)nc(-c2cccc(O)c2)n1. The van der Waals surface area contributed by atoms with E-state index in [9.17, 15) is 5.11 Å². The number of nitrogens with one attached hydrogen (secondary N) is 1. The Balaban J connectivity index is 2.53. The molecule has 0 aliphatic rings. The molecule has 0 saturated carbocycles. The van der Waals surface area contributed by atoms with Crippen LogP contribution in [-0.4, -0.2) is 22.1 Å². The molecule has 0 saturated heterocycles. The number of phenolic OH excluding ortho intramolecular Hbond substituents is 1. The van der Waals surface area contributed by atoms with Crippen molar-refractivity contribution in [3.63, 3.8) is 0 Å². The molecule has 0 spiro atoms. The topological polar surface area (TPSA) is 58.0 Å². The highest BCUT2D eigenvalue weighted by atomic mass is 16.3. The summed E-state index contributed by atoms with van der Waals surface area (Å²) >= 11 is 0. The van der Waals surface area contributed by atoms with E-state index in [1.807, 2.05) is 19.2 Å². The van der Waals surface area contributed by atoms with Crippen molar-refractivity contribution in [1.82, 2.24) is 9.97 Å². The fourth-order valence-corrected chi connectivity index (χ4v) is 1.66. The molecule has 2 N–H and O–H groups in total. The lowest BCUT2D eigenvalue weighted by Gasteiger charge is -2.10. The van der Waals surface area contributed by atoms with Crippen LogP contribution < -0.4 is 5.32 Å². The van der Waals surface area contributed by atoms with Gasteiger partial charge >= 0.3 is 0 Å². The van der Waals surface area contributed by atoms with Gasteiger partial charge in [-0.3, -0.25) is 0 Å². The Kier molecular flexibility index (Phi) is 3.46. The van der Waals surface area contributed by atoms with E-state index < -0.39 is 0 Å². The molecule has 0 fully saturated rings. The van der Waals surface area contributed by atoms with Gasteiger partial charge in [0.2, 0.25) is 0 Å². The third-order valence-corrected chi connectivity index (χ3v) is 2.70. The molecule has 1 aromatic carbocycles. The summed E-state index contributed by atoms with van der Waals surface area (Å²) in [6.45, 7) is 4.18. The highest BCUT2D eigenvalue weighted by molar-refractivity contribution is 5.59. The van der Waals surface area contributed by atoms with Crippen LogP contribution >= 0.6 is 0 Å². The van der Waals surface area contributed by atoms with Gasteiger partial charge in [0, 0.05) is 24.4 Å². The van der Waals surface area contributed by atoms with Crippen molar-refractivity contribution in [3.8, 4) is 17.1 Å². The van der Waals surface area contributed by atoms with E-state index in [1.165, 1.54) is 0 Å². The minimum Gasteiger partial charge on any atom is -0.508 e. The van der Waals surface area contributed by atoms with Crippen LogP contribution in [0, 0.1) is 0 Å². The Bertz CT molecular complexity index is 552. The molecule has 18 heavy (non-hydrogen) atoms. The van der Waals surface area contributed by atoms with Crippen LogP contribution in [0.2, 0.25) is 0 Å². The molecule has 0 amide bonds. The zero-order chi connectivity index (χ0) is 13.1. The highest BCUT2D eigenvalue weighted by Crippen LogP contribution is 2.24. The van der Waals surface area contributed by atoms with Crippen molar-refractivity contribution >= 4 is 5.82 Å². The van der Waals surface area contributed by atoms with Gasteiger partial charge in [-0.2, -0.15) is 0 Å². The van der Waals surface area contributed by atoms with Gasteiger partial charge in [-0.15, -0.1) is 0 Å². The predicted octanol–water partition coefficient (Wildman–Crippen LogP) is 3.01. The third-order valence-electron chi connectivity index (χ3n) is 2.70. The van der Waals surface area contributed by atoms with Gasteiger partial charge in [-0.25, -0.2) is 9.97 Å². The van der Waals surface area contributed by atoms with E-state index in [0.717, 1.165) is 17.1 Å². The van der Waals surface area contributed by atoms with E-state index in [2.05, 4.69) is 29.1 Å². The number of aromatic nitrogens is 2. The molecule has 0 unspecified atom stereocenters. The summed E-state index contributed by atoms with van der Waals surface area (Å²) in [7, 11) is 1.83. The van der Waals surface area contributed by atoms with Gasteiger partial charge in [-0.05, 0) is 18.1 Å². The number of phenols is 1. The van der Waals surface area contributed by atoms with Crippen LogP contribution in [0.4, 0.5) is 5.82 Å². The second-order valence-electron chi connectivity index (χ2n) is 4.46. The van der Waals surface area contributed by atoms with Gasteiger partial charge < -0.3 is 10.4 Å². The minimum atomic E-state index is 0.219. The largest absolute Gasteiger partial charge is 0.508 e. The Morgan fingerprint density at radius 2 is 1.94 bits per heavy atom. The summed E-state index contributed by atoms with van der Waals surface area (Å²) < 4.78 is 0. The Labute approximate surface area is 107 Å². The zero-order valence-corrected chi connectivity index (χ0v) is 10.8. The molecular formula is C14H17N3O. The molecule has 0 aliphatic heterocycles. The van der Waals surface area contributed by atoms with E-state index in [-0.39, 0.29) is 5.75 Å². The van der Waals surface area contributed by atoms with Gasteiger partial charge in [0.1, 0.15) is 11.6 Å². The minimum absolute atomic E-state index is 0.219. The quantitative estimate of drug-likeness (QED) is 0.870. The maximum Gasteiger partial charge on any atom is 0.161 e. The van der Waals surface area contributed by atoms with Crippen LogP contribution in [0.25, 0.3) is 11.4 Å². The van der Waals surface area contributed by atoms with Gasteiger partial charge in [-0.1, -0.05) is 26.0 Å². The monoisotopic (exact) mass is 243 g/mol. The number of aromatic hydroxyl groups is 1. The smallest absolute Gasteiger partial charge is 0.161 e. The van der Waals surface area contributed by atoms with Crippen molar-refractivity contribution in [2.24, 2.45) is 0 Å². The summed E-state index contributed by atoms with van der Waals surface area (Å²) in [6.07, 6.45) is 0. The van der Waals surface area contributed by atoms with E-state index in [1.54, 1.807) is 18.2 Å². The second kappa shape index (κ2) is 5.04. The zero-order valence-electron chi connectivity index (χ0n) is 10.8. The average Bonchev–Trinajstić information content (AvgIpc) is 2.38. The lowest BCUT2D eigenvalue weighted by Crippen LogP contribution is -2.02. The first-order valence-corrected chi connectivity index (χ1v) is 5.96. The number of hydrogen-bond acceptors (Lipinski definition) is 4. The number of rotatable bonds is 3. The molecule has 1 aromatic heterocycles. The maximum atomic E-state index is 9.51. The second-order valence-corrected chi connectivity index (χ2v) is 4.46. The molecule has 4 heteroatoms. The van der Waals surface area contributed by atoms with Crippen molar-refractivity contribution in [3.05, 3.63) is 36.0 Å². The standard InChI is InChI=1S/C14H17N3O/c1-9(2)12-8-13(15-3)17-14(16-12)10-5-4-6-11(18)7-10/h4-9,18H,1-3H3,(H,15,16,17). The van der Waals surface area contributed by atoms with Crippen LogP contribution in [0.1, 0.15) is 25.5 Å². The van der Waals surface area contributed by atoms with E-state index in [0.29, 0.717) is 11.7 Å². The number of anilines is 1. The molecule has 94 valence electrons. The first-order valence-electron chi connectivity index (χ1n) is 5.96. The average molecular weight is 243 g/mol. The summed E-state index contributed by atoms with van der Waals surface area (Å²) in [5, 5.41) is 12.5. The van der Waals surface area contributed by atoms with E-state index in [4.69, 9.17) is 0 Å². The van der Waals surface area contributed by atoms with Gasteiger partial charge in [0.05, 0.1) is 0 Å². The third kappa shape index (κ3) is 2.59. The van der Waals surface area contributed by atoms with Gasteiger partial charge in [0.25, 0.3) is 0 Å². The molecular weight excluding hydrogens is 226 g/mol. The Morgan fingerprint density at radius 3 is 2.56 bits per heavy atom. The van der Waals surface area contributed by atoms with Crippen LogP contribution in [0.5, 0.6) is 5.75 Å². The molecule has 4 nitrogen and oxygen atoms in total. The lowest BCUT2D eigenvalue weighted by molar-refractivity contribution is 0.475. The molecule has 2 aromatic rings. The van der Waals surface area contributed by atoms with Gasteiger partial charge in [0.15, 0.2) is 5.82 Å². The Morgan fingerprint density at radius 1 is 1.17 bits per heavy atom. The summed E-state index contributed by atoms with van der Waals surface area (Å²) in [5.41, 5.74) is 1.79. The number of benzene rings is 1.